The Bertz CT molecular complexity index is 798. The van der Waals surface area contributed by atoms with Crippen LogP contribution in [0.25, 0.3) is 0 Å². The van der Waals surface area contributed by atoms with Gasteiger partial charge in [-0.3, -0.25) is 4.79 Å². The standard InChI is InChI=1S/C18H15F4NO/c1-11-4-7-16-12(9-11)3-2-8-23(16)17(24)13-5-6-15(19)14(10-13)18(20,21)22/h4-7,9-10H,2-3,8H2,1H3. The van der Waals surface area contributed by atoms with Crippen LogP contribution in [0.3, 0.4) is 0 Å². The van der Waals surface area contributed by atoms with E-state index < -0.39 is 23.5 Å². The summed E-state index contributed by atoms with van der Waals surface area (Å²) in [5.41, 5.74) is 1.17. The molecule has 0 fully saturated rings. The van der Waals surface area contributed by atoms with Crippen LogP contribution in [0.5, 0.6) is 0 Å². The fourth-order valence-corrected chi connectivity index (χ4v) is 2.97. The van der Waals surface area contributed by atoms with Gasteiger partial charge in [-0.2, -0.15) is 13.2 Å². The van der Waals surface area contributed by atoms with E-state index in [0.717, 1.165) is 30.0 Å². The Balaban J connectivity index is 2.00. The first-order valence-electron chi connectivity index (χ1n) is 7.55. The number of carbonyl (C=O) groups excluding carboxylic acids is 1. The van der Waals surface area contributed by atoms with Gasteiger partial charge in [0.2, 0.25) is 0 Å². The second kappa shape index (κ2) is 5.92. The summed E-state index contributed by atoms with van der Waals surface area (Å²) in [5.74, 6) is -1.93. The van der Waals surface area contributed by atoms with Crippen LogP contribution in [0.15, 0.2) is 36.4 Å². The molecule has 0 radical (unpaired) electrons. The molecular weight excluding hydrogens is 322 g/mol. The van der Waals surface area contributed by atoms with Gasteiger partial charge in [-0.1, -0.05) is 17.7 Å². The fourth-order valence-electron chi connectivity index (χ4n) is 2.97. The lowest BCUT2D eigenvalue weighted by Crippen LogP contribution is -2.35. The van der Waals surface area contributed by atoms with Crippen LogP contribution in [0.2, 0.25) is 0 Å². The van der Waals surface area contributed by atoms with Crippen LogP contribution in [-0.4, -0.2) is 12.5 Å². The molecule has 0 aliphatic carbocycles. The van der Waals surface area contributed by atoms with Gasteiger partial charge in [-0.05, 0) is 49.6 Å². The lowest BCUT2D eigenvalue weighted by molar-refractivity contribution is -0.140. The molecule has 0 N–H and O–H groups in total. The van der Waals surface area contributed by atoms with Crippen molar-refractivity contribution < 1.29 is 22.4 Å². The minimum Gasteiger partial charge on any atom is -0.308 e. The van der Waals surface area contributed by atoms with Crippen molar-refractivity contribution in [3.63, 3.8) is 0 Å². The maximum Gasteiger partial charge on any atom is 0.419 e. The smallest absolute Gasteiger partial charge is 0.308 e. The molecule has 1 aliphatic heterocycles. The second-order valence-electron chi connectivity index (χ2n) is 5.88. The van der Waals surface area contributed by atoms with E-state index in [1.165, 1.54) is 4.90 Å². The number of halogens is 4. The predicted molar refractivity (Wildman–Crippen MR) is 82.6 cm³/mol. The first kappa shape index (κ1) is 16.5. The molecule has 3 rings (SSSR count). The lowest BCUT2D eigenvalue weighted by Gasteiger charge is -2.30. The number of fused-ring (bicyclic) bond motifs is 1. The van der Waals surface area contributed by atoms with Crippen molar-refractivity contribution in [2.75, 3.05) is 11.4 Å². The third-order valence-corrected chi connectivity index (χ3v) is 4.12. The highest BCUT2D eigenvalue weighted by molar-refractivity contribution is 6.06. The van der Waals surface area contributed by atoms with E-state index in [9.17, 15) is 22.4 Å². The Hall–Kier alpha value is -2.37. The van der Waals surface area contributed by atoms with Crippen LogP contribution in [0, 0.1) is 12.7 Å². The molecule has 2 aromatic rings. The van der Waals surface area contributed by atoms with Gasteiger partial charge in [-0.25, -0.2) is 4.39 Å². The van der Waals surface area contributed by atoms with Crippen LogP contribution < -0.4 is 4.90 Å². The summed E-state index contributed by atoms with van der Waals surface area (Å²) >= 11 is 0. The Morgan fingerprint density at radius 3 is 2.58 bits per heavy atom. The van der Waals surface area contributed by atoms with E-state index in [1.807, 2.05) is 19.1 Å². The minimum atomic E-state index is -4.84. The Morgan fingerprint density at radius 1 is 1.12 bits per heavy atom. The van der Waals surface area contributed by atoms with Gasteiger partial charge in [0.1, 0.15) is 5.82 Å². The summed E-state index contributed by atoms with van der Waals surface area (Å²) in [7, 11) is 0. The Morgan fingerprint density at radius 2 is 1.88 bits per heavy atom. The van der Waals surface area contributed by atoms with Crippen LogP contribution >= 0.6 is 0 Å². The highest BCUT2D eigenvalue weighted by atomic mass is 19.4. The monoisotopic (exact) mass is 337 g/mol. The van der Waals surface area contributed by atoms with E-state index in [0.29, 0.717) is 24.4 Å². The van der Waals surface area contributed by atoms with Crippen LogP contribution in [-0.2, 0) is 12.6 Å². The molecule has 2 aromatic carbocycles. The Kier molecular flexibility index (Phi) is 4.07. The molecule has 0 aromatic heterocycles. The largest absolute Gasteiger partial charge is 0.419 e. The Labute approximate surface area is 136 Å². The fraction of sp³-hybridized carbons (Fsp3) is 0.278. The maximum atomic E-state index is 13.4. The summed E-state index contributed by atoms with van der Waals surface area (Å²) in [4.78, 5) is 14.1. The lowest BCUT2D eigenvalue weighted by atomic mass is 9.98. The van der Waals surface area contributed by atoms with Gasteiger partial charge < -0.3 is 4.90 Å². The number of hydrogen-bond acceptors (Lipinski definition) is 1. The van der Waals surface area contributed by atoms with Crippen molar-refractivity contribution in [1.29, 1.82) is 0 Å². The van der Waals surface area contributed by atoms with Gasteiger partial charge in [0, 0.05) is 17.8 Å². The van der Waals surface area contributed by atoms with E-state index in [4.69, 9.17) is 0 Å². The first-order chi connectivity index (χ1) is 11.3. The molecule has 0 saturated carbocycles. The number of amides is 1. The first-order valence-corrected chi connectivity index (χ1v) is 7.55. The molecule has 0 bridgehead atoms. The van der Waals surface area contributed by atoms with E-state index in [2.05, 4.69) is 0 Å². The van der Waals surface area contributed by atoms with E-state index in [-0.39, 0.29) is 5.56 Å². The third kappa shape index (κ3) is 3.00. The highest BCUT2D eigenvalue weighted by Crippen LogP contribution is 2.33. The van der Waals surface area contributed by atoms with Crippen molar-refractivity contribution in [2.24, 2.45) is 0 Å². The van der Waals surface area contributed by atoms with E-state index >= 15 is 0 Å². The van der Waals surface area contributed by atoms with Gasteiger partial charge in [0.05, 0.1) is 5.56 Å². The molecule has 1 heterocycles. The zero-order chi connectivity index (χ0) is 17.5. The normalized spacial score (nSPS) is 14.5. The number of benzene rings is 2. The van der Waals surface area contributed by atoms with Gasteiger partial charge in [-0.15, -0.1) is 0 Å². The van der Waals surface area contributed by atoms with Crippen molar-refractivity contribution in [3.8, 4) is 0 Å². The average Bonchev–Trinajstić information content (AvgIpc) is 2.52. The van der Waals surface area contributed by atoms with Gasteiger partial charge in [0.25, 0.3) is 5.91 Å². The van der Waals surface area contributed by atoms with Crippen molar-refractivity contribution in [1.82, 2.24) is 0 Å². The molecule has 6 heteroatoms. The second-order valence-corrected chi connectivity index (χ2v) is 5.88. The van der Waals surface area contributed by atoms with Gasteiger partial charge >= 0.3 is 6.18 Å². The zero-order valence-corrected chi connectivity index (χ0v) is 13.0. The maximum absolute atomic E-state index is 13.4. The number of carbonyl (C=O) groups is 1. The summed E-state index contributed by atoms with van der Waals surface area (Å²) in [6, 6.07) is 8.00. The molecule has 2 nitrogen and oxygen atoms in total. The molecule has 24 heavy (non-hydrogen) atoms. The minimum absolute atomic E-state index is 0.169. The molecule has 0 spiro atoms. The molecule has 0 saturated heterocycles. The number of alkyl halides is 3. The molecule has 126 valence electrons. The molecule has 1 aliphatic rings. The van der Waals surface area contributed by atoms with Crippen LogP contribution in [0.1, 0.15) is 33.5 Å². The topological polar surface area (TPSA) is 20.3 Å². The molecular formula is C18H15F4NO. The number of hydrogen-bond donors (Lipinski definition) is 0. The SMILES string of the molecule is Cc1ccc2c(c1)CCCN2C(=O)c1ccc(F)c(C(F)(F)F)c1. The molecule has 0 atom stereocenters. The summed E-state index contributed by atoms with van der Waals surface area (Å²) in [5, 5.41) is 0. The summed E-state index contributed by atoms with van der Waals surface area (Å²) < 4.78 is 52.0. The number of anilines is 1. The van der Waals surface area contributed by atoms with Crippen molar-refractivity contribution in [2.45, 2.75) is 25.9 Å². The number of nitrogens with zero attached hydrogens (tertiary/aromatic N) is 1. The molecule has 1 amide bonds. The van der Waals surface area contributed by atoms with E-state index in [1.54, 1.807) is 6.07 Å². The van der Waals surface area contributed by atoms with Gasteiger partial charge in [0.15, 0.2) is 0 Å². The van der Waals surface area contributed by atoms with Crippen molar-refractivity contribution >= 4 is 11.6 Å². The zero-order valence-electron chi connectivity index (χ0n) is 13.0. The quantitative estimate of drug-likeness (QED) is 0.688. The average molecular weight is 337 g/mol. The summed E-state index contributed by atoms with van der Waals surface area (Å²) in [6.07, 6.45) is -3.29. The highest BCUT2D eigenvalue weighted by Gasteiger charge is 2.35. The molecule has 0 unspecified atom stereocenters. The number of aryl methyl sites for hydroxylation is 2. The summed E-state index contributed by atoms with van der Waals surface area (Å²) in [6.45, 7) is 2.37. The predicted octanol–water partition coefficient (Wildman–Crippen LogP) is 4.75. The third-order valence-electron chi connectivity index (χ3n) is 4.12. The van der Waals surface area contributed by atoms with Crippen LogP contribution in [0.4, 0.5) is 23.2 Å². The van der Waals surface area contributed by atoms with Crippen molar-refractivity contribution in [3.05, 3.63) is 64.5 Å². The number of rotatable bonds is 1.